The lowest BCUT2D eigenvalue weighted by atomic mass is 10.0. The molecule has 2 heteroatoms. The maximum Gasteiger partial charge on any atom is 0.0223 e. The lowest BCUT2D eigenvalue weighted by Crippen LogP contribution is -2.50. The Labute approximate surface area is 107 Å². The van der Waals surface area contributed by atoms with Crippen LogP contribution in [-0.2, 0) is 0 Å². The summed E-state index contributed by atoms with van der Waals surface area (Å²) in [7, 11) is 0. The Balaban J connectivity index is 1.88. The van der Waals surface area contributed by atoms with Crippen LogP contribution >= 0.6 is 0 Å². The van der Waals surface area contributed by atoms with Crippen molar-refractivity contribution < 1.29 is 0 Å². The molecule has 0 aromatic carbocycles. The van der Waals surface area contributed by atoms with Crippen molar-refractivity contribution in [3.05, 3.63) is 0 Å². The average Bonchev–Trinajstić information content (AvgIpc) is 2.84. The second-order valence-electron chi connectivity index (χ2n) is 7.10. The third-order valence-corrected chi connectivity index (χ3v) is 4.41. The summed E-state index contributed by atoms with van der Waals surface area (Å²) in [6, 6.07) is 1.69. The molecule has 0 amide bonds. The van der Waals surface area contributed by atoms with E-state index in [0.29, 0.717) is 0 Å². The van der Waals surface area contributed by atoms with E-state index < -0.39 is 0 Å². The van der Waals surface area contributed by atoms with Crippen LogP contribution in [0.5, 0.6) is 0 Å². The molecule has 1 N–H and O–H groups in total. The summed E-state index contributed by atoms with van der Waals surface area (Å²) >= 11 is 0. The molecule has 1 aliphatic heterocycles. The zero-order chi connectivity index (χ0) is 12.5. The minimum atomic E-state index is 0.255. The maximum atomic E-state index is 3.70. The SMILES string of the molecule is CCCC(CNC(C)(C)C)N1CC2CCC1C2. The van der Waals surface area contributed by atoms with Crippen molar-refractivity contribution in [2.24, 2.45) is 5.92 Å². The molecule has 0 spiro atoms. The summed E-state index contributed by atoms with van der Waals surface area (Å²) in [6.45, 7) is 11.7. The Morgan fingerprint density at radius 2 is 2.06 bits per heavy atom. The lowest BCUT2D eigenvalue weighted by Gasteiger charge is -2.37. The fraction of sp³-hybridized carbons (Fsp3) is 1.00. The molecule has 1 aliphatic carbocycles. The van der Waals surface area contributed by atoms with E-state index in [2.05, 4.69) is 37.9 Å². The van der Waals surface area contributed by atoms with E-state index in [1.165, 1.54) is 45.2 Å². The molecule has 1 saturated heterocycles. The van der Waals surface area contributed by atoms with E-state index in [0.717, 1.165) is 18.0 Å². The van der Waals surface area contributed by atoms with Gasteiger partial charge in [0.25, 0.3) is 0 Å². The van der Waals surface area contributed by atoms with Crippen LogP contribution in [0.1, 0.15) is 59.8 Å². The molecular weight excluding hydrogens is 208 g/mol. The quantitative estimate of drug-likeness (QED) is 0.792. The highest BCUT2D eigenvalue weighted by Crippen LogP contribution is 2.39. The molecule has 100 valence electrons. The summed E-state index contributed by atoms with van der Waals surface area (Å²) in [6.07, 6.45) is 7.10. The van der Waals surface area contributed by atoms with Gasteiger partial charge in [-0.2, -0.15) is 0 Å². The molecule has 2 fully saturated rings. The van der Waals surface area contributed by atoms with Crippen molar-refractivity contribution in [3.8, 4) is 0 Å². The number of nitrogens with one attached hydrogen (secondary N) is 1. The molecule has 3 atom stereocenters. The molecule has 0 radical (unpaired) electrons. The molecule has 0 aromatic heterocycles. The first-order valence-corrected chi connectivity index (χ1v) is 7.50. The van der Waals surface area contributed by atoms with Crippen LogP contribution in [0.2, 0.25) is 0 Å². The highest BCUT2D eigenvalue weighted by molar-refractivity contribution is 4.96. The standard InChI is InChI=1S/C15H30N2/c1-5-6-14(10-16-15(2,3)4)17-11-12-7-8-13(17)9-12/h12-14,16H,5-11H2,1-4H3. The predicted molar refractivity (Wildman–Crippen MR) is 74.3 cm³/mol. The van der Waals surface area contributed by atoms with Gasteiger partial charge in [-0.25, -0.2) is 0 Å². The highest BCUT2D eigenvalue weighted by Gasteiger charge is 2.40. The van der Waals surface area contributed by atoms with Crippen LogP contribution in [0, 0.1) is 5.92 Å². The molecule has 2 nitrogen and oxygen atoms in total. The summed E-state index contributed by atoms with van der Waals surface area (Å²) in [5.41, 5.74) is 0.255. The van der Waals surface area contributed by atoms with Crippen molar-refractivity contribution in [2.75, 3.05) is 13.1 Å². The van der Waals surface area contributed by atoms with Crippen molar-refractivity contribution in [1.82, 2.24) is 10.2 Å². The number of nitrogens with zero attached hydrogens (tertiary/aromatic N) is 1. The Kier molecular flexibility index (Phi) is 4.14. The van der Waals surface area contributed by atoms with E-state index in [-0.39, 0.29) is 5.54 Å². The van der Waals surface area contributed by atoms with Gasteiger partial charge >= 0.3 is 0 Å². The Morgan fingerprint density at radius 1 is 1.29 bits per heavy atom. The Bertz CT molecular complexity index is 244. The van der Waals surface area contributed by atoms with Crippen molar-refractivity contribution in [3.63, 3.8) is 0 Å². The number of hydrogen-bond donors (Lipinski definition) is 1. The molecule has 0 aromatic rings. The number of hydrogen-bond acceptors (Lipinski definition) is 2. The van der Waals surface area contributed by atoms with Crippen molar-refractivity contribution >= 4 is 0 Å². The highest BCUT2D eigenvalue weighted by atomic mass is 15.2. The third kappa shape index (κ3) is 3.45. The van der Waals surface area contributed by atoms with Crippen molar-refractivity contribution in [1.29, 1.82) is 0 Å². The van der Waals surface area contributed by atoms with Crippen LogP contribution in [0.4, 0.5) is 0 Å². The molecule has 2 bridgehead atoms. The Hall–Kier alpha value is -0.0800. The number of piperidine rings is 1. The monoisotopic (exact) mass is 238 g/mol. The van der Waals surface area contributed by atoms with Gasteiger partial charge in [0.05, 0.1) is 0 Å². The van der Waals surface area contributed by atoms with Crippen molar-refractivity contribution in [2.45, 2.75) is 77.4 Å². The normalized spacial score (nSPS) is 31.1. The zero-order valence-electron chi connectivity index (χ0n) is 12.1. The number of rotatable bonds is 5. The van der Waals surface area contributed by atoms with Gasteiger partial charge in [0.1, 0.15) is 0 Å². The van der Waals surface area contributed by atoms with Crippen LogP contribution < -0.4 is 5.32 Å². The smallest absolute Gasteiger partial charge is 0.0223 e. The minimum Gasteiger partial charge on any atom is -0.311 e. The number of fused-ring (bicyclic) bond motifs is 2. The van der Waals surface area contributed by atoms with Gasteiger partial charge in [-0.1, -0.05) is 13.3 Å². The summed E-state index contributed by atoms with van der Waals surface area (Å²) in [5.74, 6) is 1.02. The van der Waals surface area contributed by atoms with Gasteiger partial charge in [0.15, 0.2) is 0 Å². The summed E-state index contributed by atoms with van der Waals surface area (Å²) in [4.78, 5) is 2.82. The second kappa shape index (κ2) is 5.27. The van der Waals surface area contributed by atoms with E-state index in [1.807, 2.05) is 0 Å². The molecule has 1 saturated carbocycles. The topological polar surface area (TPSA) is 15.3 Å². The number of likely N-dealkylation sites (tertiary alicyclic amines) is 1. The van der Waals surface area contributed by atoms with Gasteiger partial charge in [-0.15, -0.1) is 0 Å². The van der Waals surface area contributed by atoms with Gasteiger partial charge in [-0.3, -0.25) is 4.90 Å². The van der Waals surface area contributed by atoms with Gasteiger partial charge in [0.2, 0.25) is 0 Å². The molecule has 3 unspecified atom stereocenters. The fourth-order valence-electron chi connectivity index (χ4n) is 3.55. The van der Waals surface area contributed by atoms with Crippen LogP contribution in [-0.4, -0.2) is 35.6 Å². The maximum absolute atomic E-state index is 3.70. The van der Waals surface area contributed by atoms with Crippen LogP contribution in [0.15, 0.2) is 0 Å². The van der Waals surface area contributed by atoms with Gasteiger partial charge in [0, 0.05) is 30.7 Å². The fourth-order valence-corrected chi connectivity index (χ4v) is 3.55. The first kappa shape index (κ1) is 13.4. The van der Waals surface area contributed by atoms with Crippen LogP contribution in [0.25, 0.3) is 0 Å². The molecule has 17 heavy (non-hydrogen) atoms. The second-order valence-corrected chi connectivity index (χ2v) is 7.10. The largest absolute Gasteiger partial charge is 0.311 e. The summed E-state index contributed by atoms with van der Waals surface area (Å²) in [5, 5.41) is 3.70. The van der Waals surface area contributed by atoms with Crippen LogP contribution in [0.3, 0.4) is 0 Å². The minimum absolute atomic E-state index is 0.255. The molecule has 2 aliphatic rings. The van der Waals surface area contributed by atoms with Gasteiger partial charge in [-0.05, 0) is 52.4 Å². The van der Waals surface area contributed by atoms with E-state index in [4.69, 9.17) is 0 Å². The first-order chi connectivity index (χ1) is 7.99. The molecule has 2 rings (SSSR count). The Morgan fingerprint density at radius 3 is 2.53 bits per heavy atom. The predicted octanol–water partition coefficient (Wildman–Crippen LogP) is 3.03. The molecular formula is C15H30N2. The molecule has 1 heterocycles. The zero-order valence-corrected chi connectivity index (χ0v) is 12.1. The van der Waals surface area contributed by atoms with E-state index >= 15 is 0 Å². The van der Waals surface area contributed by atoms with Gasteiger partial charge < -0.3 is 5.32 Å². The van der Waals surface area contributed by atoms with E-state index in [9.17, 15) is 0 Å². The van der Waals surface area contributed by atoms with E-state index in [1.54, 1.807) is 0 Å². The lowest BCUT2D eigenvalue weighted by molar-refractivity contribution is 0.132. The third-order valence-electron chi connectivity index (χ3n) is 4.41. The average molecular weight is 238 g/mol. The summed E-state index contributed by atoms with van der Waals surface area (Å²) < 4.78 is 0. The first-order valence-electron chi connectivity index (χ1n) is 7.50.